The van der Waals surface area contributed by atoms with Crippen LogP contribution in [0.15, 0.2) is 59.8 Å². The minimum Gasteiger partial charge on any atom is -0.355 e. The van der Waals surface area contributed by atoms with Gasteiger partial charge in [-0.05, 0) is 49.1 Å². The second-order valence-corrected chi connectivity index (χ2v) is 8.18. The predicted octanol–water partition coefficient (Wildman–Crippen LogP) is 4.25. The molecule has 0 aliphatic heterocycles. The number of nitrogens with zero attached hydrogens (tertiary/aromatic N) is 3. The van der Waals surface area contributed by atoms with E-state index >= 15 is 0 Å². The fraction of sp³-hybridized carbons (Fsp3) is 0.286. The number of amides is 1. The zero-order valence-corrected chi connectivity index (χ0v) is 16.9. The maximum absolute atomic E-state index is 12.3. The second-order valence-electron chi connectivity index (χ2n) is 6.80. The number of aromatic nitrogens is 3. The third-order valence-corrected chi connectivity index (χ3v) is 5.78. The van der Waals surface area contributed by atoms with Crippen molar-refractivity contribution in [3.63, 3.8) is 0 Å². The molecule has 7 heteroatoms. The van der Waals surface area contributed by atoms with Crippen molar-refractivity contribution in [2.24, 2.45) is 0 Å². The second kappa shape index (κ2) is 8.80. The van der Waals surface area contributed by atoms with Gasteiger partial charge < -0.3 is 5.32 Å². The molecule has 4 rings (SSSR count). The minimum absolute atomic E-state index is 0.00505. The van der Waals surface area contributed by atoms with Gasteiger partial charge in [0, 0.05) is 23.2 Å². The molecule has 0 bridgehead atoms. The lowest BCUT2D eigenvalue weighted by atomic mass is 10.1. The average molecular weight is 413 g/mol. The summed E-state index contributed by atoms with van der Waals surface area (Å²) in [6, 6.07) is 17.8. The zero-order chi connectivity index (χ0) is 19.3. The number of para-hydroxylation sites is 1. The molecule has 0 radical (unpaired) electrons. The van der Waals surface area contributed by atoms with Crippen LogP contribution in [0, 0.1) is 0 Å². The van der Waals surface area contributed by atoms with Crippen LogP contribution in [0.3, 0.4) is 0 Å². The van der Waals surface area contributed by atoms with E-state index in [4.69, 9.17) is 11.6 Å². The number of benzene rings is 2. The molecule has 5 nitrogen and oxygen atoms in total. The van der Waals surface area contributed by atoms with Crippen molar-refractivity contribution >= 4 is 29.3 Å². The highest BCUT2D eigenvalue weighted by atomic mass is 35.5. The van der Waals surface area contributed by atoms with E-state index in [-0.39, 0.29) is 5.91 Å². The van der Waals surface area contributed by atoms with Crippen molar-refractivity contribution in [2.45, 2.75) is 30.3 Å². The van der Waals surface area contributed by atoms with Crippen LogP contribution >= 0.6 is 23.4 Å². The highest BCUT2D eigenvalue weighted by molar-refractivity contribution is 7.99. The molecule has 1 aliphatic carbocycles. The van der Waals surface area contributed by atoms with E-state index in [9.17, 15) is 4.79 Å². The van der Waals surface area contributed by atoms with Gasteiger partial charge in [0.15, 0.2) is 5.16 Å². The summed E-state index contributed by atoms with van der Waals surface area (Å²) in [6.07, 6.45) is 3.08. The van der Waals surface area contributed by atoms with Gasteiger partial charge in [-0.25, -0.2) is 0 Å². The smallest absolute Gasteiger partial charge is 0.230 e. The minimum atomic E-state index is -0.00505. The van der Waals surface area contributed by atoms with Crippen molar-refractivity contribution in [1.82, 2.24) is 20.1 Å². The Labute approximate surface area is 173 Å². The Hall–Kier alpha value is -2.31. The summed E-state index contributed by atoms with van der Waals surface area (Å²) in [5.74, 6) is 1.79. The normalized spacial score (nSPS) is 13.5. The Balaban J connectivity index is 1.34. The topological polar surface area (TPSA) is 59.8 Å². The Kier molecular flexibility index (Phi) is 5.98. The molecule has 3 aromatic rings. The standard InChI is InChI=1S/C21H21ClN4OS/c22-17-10-6-15(7-11-17)12-13-23-19(27)14-28-21-25-24-20(16-8-9-16)26(21)18-4-2-1-3-5-18/h1-7,10-11,16H,8-9,12-14H2,(H,23,27). The number of hydrogen-bond acceptors (Lipinski definition) is 4. The molecule has 1 saturated carbocycles. The first-order valence-corrected chi connectivity index (χ1v) is 10.7. The number of rotatable bonds is 8. The maximum Gasteiger partial charge on any atom is 0.230 e. The van der Waals surface area contributed by atoms with Crippen LogP contribution in [-0.2, 0) is 11.2 Å². The first-order chi connectivity index (χ1) is 13.7. The van der Waals surface area contributed by atoms with E-state index < -0.39 is 0 Å². The molecule has 0 unspecified atom stereocenters. The Morgan fingerprint density at radius 1 is 1.11 bits per heavy atom. The van der Waals surface area contributed by atoms with Crippen molar-refractivity contribution in [3.05, 3.63) is 71.0 Å². The van der Waals surface area contributed by atoms with E-state index in [0.29, 0.717) is 18.2 Å². The molecule has 1 aromatic heterocycles. The van der Waals surface area contributed by atoms with Crippen LogP contribution in [0.25, 0.3) is 5.69 Å². The van der Waals surface area contributed by atoms with E-state index in [1.807, 2.05) is 54.6 Å². The molecule has 144 valence electrons. The number of carbonyl (C=O) groups excluding carboxylic acids is 1. The number of hydrogen-bond donors (Lipinski definition) is 1. The number of thioether (sulfide) groups is 1. The number of nitrogens with one attached hydrogen (secondary N) is 1. The molecular formula is C21H21ClN4OS. The quantitative estimate of drug-likeness (QED) is 0.562. The van der Waals surface area contributed by atoms with Gasteiger partial charge in [0.1, 0.15) is 5.82 Å². The first kappa shape index (κ1) is 19.0. The van der Waals surface area contributed by atoms with Crippen molar-refractivity contribution in [3.8, 4) is 5.69 Å². The molecule has 1 N–H and O–H groups in total. The molecule has 2 aromatic carbocycles. The summed E-state index contributed by atoms with van der Waals surface area (Å²) in [4.78, 5) is 12.3. The van der Waals surface area contributed by atoms with Crippen LogP contribution in [0.5, 0.6) is 0 Å². The molecule has 1 heterocycles. The van der Waals surface area contributed by atoms with E-state index in [0.717, 1.165) is 46.5 Å². The highest BCUT2D eigenvalue weighted by Crippen LogP contribution is 2.41. The van der Waals surface area contributed by atoms with Crippen LogP contribution in [0.1, 0.15) is 30.1 Å². The van der Waals surface area contributed by atoms with Gasteiger partial charge in [-0.2, -0.15) is 0 Å². The van der Waals surface area contributed by atoms with Gasteiger partial charge in [-0.1, -0.05) is 53.7 Å². The lowest BCUT2D eigenvalue weighted by Crippen LogP contribution is -2.27. The summed E-state index contributed by atoms with van der Waals surface area (Å²) in [6.45, 7) is 0.597. The first-order valence-electron chi connectivity index (χ1n) is 9.35. The Bertz CT molecular complexity index is 939. The molecule has 0 spiro atoms. The molecule has 1 aliphatic rings. The van der Waals surface area contributed by atoms with Crippen LogP contribution in [0.2, 0.25) is 5.02 Å². The van der Waals surface area contributed by atoms with Gasteiger partial charge in [-0.3, -0.25) is 9.36 Å². The van der Waals surface area contributed by atoms with E-state index in [2.05, 4.69) is 20.1 Å². The fourth-order valence-electron chi connectivity index (χ4n) is 2.98. The van der Waals surface area contributed by atoms with E-state index in [1.54, 1.807) is 0 Å². The SMILES string of the molecule is O=C(CSc1nnc(C2CC2)n1-c1ccccc1)NCCc1ccc(Cl)cc1. The summed E-state index contributed by atoms with van der Waals surface area (Å²) in [5, 5.41) is 13.2. The Morgan fingerprint density at radius 3 is 2.57 bits per heavy atom. The molecule has 0 saturated heterocycles. The fourth-order valence-corrected chi connectivity index (χ4v) is 3.89. The summed E-state index contributed by atoms with van der Waals surface area (Å²) in [5.41, 5.74) is 2.19. The van der Waals surface area contributed by atoms with Crippen LogP contribution in [0.4, 0.5) is 0 Å². The average Bonchev–Trinajstić information content (AvgIpc) is 3.48. The van der Waals surface area contributed by atoms with Crippen molar-refractivity contribution in [1.29, 1.82) is 0 Å². The highest BCUT2D eigenvalue weighted by Gasteiger charge is 2.31. The van der Waals surface area contributed by atoms with Gasteiger partial charge in [-0.15, -0.1) is 10.2 Å². The number of carbonyl (C=O) groups is 1. The third-order valence-electron chi connectivity index (χ3n) is 4.60. The van der Waals surface area contributed by atoms with Gasteiger partial charge in [0.05, 0.1) is 5.75 Å². The van der Waals surface area contributed by atoms with Gasteiger partial charge >= 0.3 is 0 Å². The van der Waals surface area contributed by atoms with Crippen LogP contribution < -0.4 is 5.32 Å². The van der Waals surface area contributed by atoms with Crippen molar-refractivity contribution < 1.29 is 4.79 Å². The number of halogens is 1. The Morgan fingerprint density at radius 2 is 1.86 bits per heavy atom. The maximum atomic E-state index is 12.3. The summed E-state index contributed by atoms with van der Waals surface area (Å²) >= 11 is 7.32. The molecule has 1 fully saturated rings. The monoisotopic (exact) mass is 412 g/mol. The third kappa shape index (κ3) is 4.75. The summed E-state index contributed by atoms with van der Waals surface area (Å²) < 4.78 is 2.09. The van der Waals surface area contributed by atoms with Crippen LogP contribution in [-0.4, -0.2) is 33.0 Å². The largest absolute Gasteiger partial charge is 0.355 e. The lowest BCUT2D eigenvalue weighted by molar-refractivity contribution is -0.118. The van der Waals surface area contributed by atoms with Gasteiger partial charge in [0.2, 0.25) is 5.91 Å². The molecular weight excluding hydrogens is 392 g/mol. The molecule has 28 heavy (non-hydrogen) atoms. The van der Waals surface area contributed by atoms with Crippen molar-refractivity contribution in [2.75, 3.05) is 12.3 Å². The zero-order valence-electron chi connectivity index (χ0n) is 15.3. The van der Waals surface area contributed by atoms with E-state index in [1.165, 1.54) is 11.8 Å². The molecule has 0 atom stereocenters. The molecule has 1 amide bonds. The lowest BCUT2D eigenvalue weighted by Gasteiger charge is -2.10. The summed E-state index contributed by atoms with van der Waals surface area (Å²) in [7, 11) is 0. The predicted molar refractivity (Wildman–Crippen MR) is 112 cm³/mol. The van der Waals surface area contributed by atoms with Gasteiger partial charge in [0.25, 0.3) is 0 Å².